The highest BCUT2D eigenvalue weighted by Crippen LogP contribution is 2.32. The molecule has 10 heteroatoms. The summed E-state index contributed by atoms with van der Waals surface area (Å²) < 4.78 is 6.63. The second-order valence-electron chi connectivity index (χ2n) is 7.88. The Hall–Kier alpha value is -2.74. The van der Waals surface area contributed by atoms with Gasteiger partial charge in [0.2, 0.25) is 0 Å². The van der Waals surface area contributed by atoms with Crippen LogP contribution in [0.15, 0.2) is 41.2 Å². The number of carbonyl (C=O) groups is 2. The van der Waals surface area contributed by atoms with E-state index < -0.39 is 11.5 Å². The first-order valence-corrected chi connectivity index (χ1v) is 11.8. The standard InChI is InChI=1S/C24H22Cl3N3O4/c1-3-34-24(33)20-21(16-13-15(25)5-7-19(16)28(2)23(20)32)29-8-10-30(11-9-29)22(31)14-4-6-17(26)18(27)12-14/h4-7,12-13H,3,8-11H2,1-2H3. The molecular weight excluding hydrogens is 501 g/mol. The Bertz CT molecular complexity index is 1350. The van der Waals surface area contributed by atoms with Crippen LogP contribution < -0.4 is 10.5 Å². The van der Waals surface area contributed by atoms with Gasteiger partial charge < -0.3 is 19.1 Å². The number of hydrogen-bond acceptors (Lipinski definition) is 5. The molecule has 0 saturated carbocycles. The third-order valence-corrected chi connectivity index (χ3v) is 6.83. The highest BCUT2D eigenvalue weighted by atomic mass is 35.5. The third-order valence-electron chi connectivity index (χ3n) is 5.86. The van der Waals surface area contributed by atoms with Crippen molar-refractivity contribution in [3.05, 3.63) is 72.9 Å². The molecule has 7 nitrogen and oxygen atoms in total. The SMILES string of the molecule is CCOC(=O)c1c(N2CCN(C(=O)c3ccc(Cl)c(Cl)c3)CC2)c2cc(Cl)ccc2n(C)c1=O. The molecule has 0 radical (unpaired) electrons. The molecule has 0 spiro atoms. The number of aromatic nitrogens is 1. The number of anilines is 1. The van der Waals surface area contributed by atoms with Crippen molar-refractivity contribution in [3.8, 4) is 0 Å². The molecule has 1 amide bonds. The minimum atomic E-state index is -0.686. The molecule has 4 rings (SSSR count). The van der Waals surface area contributed by atoms with Crippen molar-refractivity contribution < 1.29 is 14.3 Å². The van der Waals surface area contributed by atoms with E-state index in [1.54, 1.807) is 55.3 Å². The fourth-order valence-corrected chi connectivity index (χ4v) is 4.63. The van der Waals surface area contributed by atoms with Crippen LogP contribution in [0.5, 0.6) is 0 Å². The zero-order valence-electron chi connectivity index (χ0n) is 18.6. The number of pyridine rings is 1. The zero-order chi connectivity index (χ0) is 24.6. The van der Waals surface area contributed by atoms with Crippen molar-refractivity contribution in [2.45, 2.75) is 6.92 Å². The summed E-state index contributed by atoms with van der Waals surface area (Å²) in [6.45, 7) is 3.42. The molecule has 0 atom stereocenters. The van der Waals surface area contributed by atoms with E-state index in [2.05, 4.69) is 0 Å². The van der Waals surface area contributed by atoms with Crippen LogP contribution in [0.2, 0.25) is 15.1 Å². The van der Waals surface area contributed by atoms with Gasteiger partial charge in [0.25, 0.3) is 11.5 Å². The van der Waals surface area contributed by atoms with Crippen LogP contribution in [-0.4, -0.2) is 54.1 Å². The van der Waals surface area contributed by atoms with Crippen LogP contribution in [0.1, 0.15) is 27.6 Å². The van der Waals surface area contributed by atoms with Gasteiger partial charge in [-0.05, 0) is 43.3 Å². The number of hydrogen-bond donors (Lipinski definition) is 0. The Morgan fingerprint density at radius 1 is 0.971 bits per heavy atom. The maximum absolute atomic E-state index is 13.2. The number of aryl methyl sites for hydroxylation is 1. The smallest absolute Gasteiger partial charge is 0.345 e. The van der Waals surface area contributed by atoms with E-state index in [0.717, 1.165) is 0 Å². The molecule has 1 aromatic heterocycles. The summed E-state index contributed by atoms with van der Waals surface area (Å²) in [5.41, 5.74) is 1.08. The molecule has 3 aromatic rings. The van der Waals surface area contributed by atoms with Gasteiger partial charge in [-0.25, -0.2) is 4.79 Å². The van der Waals surface area contributed by atoms with Crippen molar-refractivity contribution >= 4 is 63.3 Å². The number of ether oxygens (including phenoxy) is 1. The van der Waals surface area contributed by atoms with E-state index >= 15 is 0 Å². The number of piperazine rings is 1. The minimum absolute atomic E-state index is 0.0385. The number of nitrogens with zero attached hydrogens (tertiary/aromatic N) is 3. The van der Waals surface area contributed by atoms with Gasteiger partial charge in [-0.3, -0.25) is 9.59 Å². The molecule has 0 unspecified atom stereocenters. The average molecular weight is 523 g/mol. The Morgan fingerprint density at radius 2 is 1.68 bits per heavy atom. The number of carbonyl (C=O) groups excluding carboxylic acids is 2. The molecule has 34 heavy (non-hydrogen) atoms. The molecular formula is C24H22Cl3N3O4. The lowest BCUT2D eigenvalue weighted by molar-refractivity contribution is 0.0523. The predicted molar refractivity (Wildman–Crippen MR) is 135 cm³/mol. The molecule has 1 saturated heterocycles. The third kappa shape index (κ3) is 4.48. The quantitative estimate of drug-likeness (QED) is 0.467. The van der Waals surface area contributed by atoms with Crippen LogP contribution in [-0.2, 0) is 11.8 Å². The lowest BCUT2D eigenvalue weighted by Gasteiger charge is -2.37. The summed E-state index contributed by atoms with van der Waals surface area (Å²) in [5, 5.41) is 1.84. The number of halogens is 3. The second kappa shape index (κ2) is 9.86. The zero-order valence-corrected chi connectivity index (χ0v) is 20.9. The summed E-state index contributed by atoms with van der Waals surface area (Å²) in [7, 11) is 1.61. The van der Waals surface area contributed by atoms with Crippen LogP contribution in [0.3, 0.4) is 0 Å². The first kappa shape index (κ1) is 24.4. The number of fused-ring (bicyclic) bond motifs is 1. The first-order chi connectivity index (χ1) is 16.2. The van der Waals surface area contributed by atoms with Crippen molar-refractivity contribution in [1.82, 2.24) is 9.47 Å². The number of rotatable bonds is 4. The van der Waals surface area contributed by atoms with Gasteiger partial charge in [0, 0.05) is 49.2 Å². The van der Waals surface area contributed by atoms with Gasteiger partial charge in [-0.2, -0.15) is 0 Å². The number of amides is 1. The molecule has 178 valence electrons. The molecule has 0 bridgehead atoms. The van der Waals surface area contributed by atoms with Crippen molar-refractivity contribution in [3.63, 3.8) is 0 Å². The molecule has 0 N–H and O–H groups in total. The predicted octanol–water partition coefficient (Wildman–Crippen LogP) is 4.64. The van der Waals surface area contributed by atoms with Gasteiger partial charge in [-0.1, -0.05) is 34.8 Å². The van der Waals surface area contributed by atoms with Crippen LogP contribution in [0.4, 0.5) is 5.69 Å². The Labute approximate surface area is 211 Å². The van der Waals surface area contributed by atoms with Gasteiger partial charge in [0.15, 0.2) is 0 Å². The molecule has 1 fully saturated rings. The monoisotopic (exact) mass is 521 g/mol. The van der Waals surface area contributed by atoms with Crippen molar-refractivity contribution in [2.75, 3.05) is 37.7 Å². The maximum atomic E-state index is 13.2. The van der Waals surface area contributed by atoms with Crippen molar-refractivity contribution in [2.24, 2.45) is 7.05 Å². The van der Waals surface area contributed by atoms with E-state index in [-0.39, 0.29) is 18.1 Å². The molecule has 2 heterocycles. The lowest BCUT2D eigenvalue weighted by atomic mass is 10.1. The highest BCUT2D eigenvalue weighted by Gasteiger charge is 2.30. The van der Waals surface area contributed by atoms with E-state index in [9.17, 15) is 14.4 Å². The van der Waals surface area contributed by atoms with E-state index in [0.29, 0.717) is 63.4 Å². The fraction of sp³-hybridized carbons (Fsp3) is 0.292. The molecule has 1 aliphatic heterocycles. The highest BCUT2D eigenvalue weighted by molar-refractivity contribution is 6.42. The van der Waals surface area contributed by atoms with Gasteiger partial charge >= 0.3 is 5.97 Å². The largest absolute Gasteiger partial charge is 0.462 e. The average Bonchev–Trinajstić information content (AvgIpc) is 2.82. The van der Waals surface area contributed by atoms with Gasteiger partial charge in [0.1, 0.15) is 5.56 Å². The van der Waals surface area contributed by atoms with Crippen molar-refractivity contribution in [1.29, 1.82) is 0 Å². The fourth-order valence-electron chi connectivity index (χ4n) is 4.16. The van der Waals surface area contributed by atoms with Gasteiger partial charge in [-0.15, -0.1) is 0 Å². The number of benzene rings is 2. The summed E-state index contributed by atoms with van der Waals surface area (Å²) in [5.74, 6) is -0.852. The van der Waals surface area contributed by atoms with E-state index in [4.69, 9.17) is 39.5 Å². The summed E-state index contributed by atoms with van der Waals surface area (Å²) in [6.07, 6.45) is 0. The minimum Gasteiger partial charge on any atom is -0.462 e. The summed E-state index contributed by atoms with van der Waals surface area (Å²) in [4.78, 5) is 42.6. The Kier molecular flexibility index (Phi) is 7.07. The summed E-state index contributed by atoms with van der Waals surface area (Å²) >= 11 is 18.3. The summed E-state index contributed by atoms with van der Waals surface area (Å²) in [6, 6.07) is 9.97. The van der Waals surface area contributed by atoms with Gasteiger partial charge in [0.05, 0.1) is 27.9 Å². The lowest BCUT2D eigenvalue weighted by Crippen LogP contribution is -2.49. The Balaban J connectivity index is 1.71. The number of esters is 1. The van der Waals surface area contributed by atoms with Crippen LogP contribution in [0, 0.1) is 0 Å². The normalized spacial score (nSPS) is 13.9. The molecule has 0 aliphatic carbocycles. The van der Waals surface area contributed by atoms with Crippen LogP contribution >= 0.6 is 34.8 Å². The molecule has 1 aliphatic rings. The van der Waals surface area contributed by atoms with E-state index in [1.807, 2.05) is 4.90 Å². The van der Waals surface area contributed by atoms with Crippen LogP contribution in [0.25, 0.3) is 10.9 Å². The molecule has 2 aromatic carbocycles. The topological polar surface area (TPSA) is 71.8 Å². The second-order valence-corrected chi connectivity index (χ2v) is 9.13. The Morgan fingerprint density at radius 3 is 2.32 bits per heavy atom. The maximum Gasteiger partial charge on any atom is 0.345 e. The van der Waals surface area contributed by atoms with E-state index in [1.165, 1.54) is 4.57 Å². The first-order valence-electron chi connectivity index (χ1n) is 10.7.